The molecule has 0 radical (unpaired) electrons. The lowest BCUT2D eigenvalue weighted by molar-refractivity contribution is -0.123. The number of thioether (sulfide) groups is 1. The molecule has 0 unspecified atom stereocenters. The summed E-state index contributed by atoms with van der Waals surface area (Å²) in [4.78, 5) is 35.6. The summed E-state index contributed by atoms with van der Waals surface area (Å²) in [6.45, 7) is 9.78. The molecule has 2 saturated heterocycles. The van der Waals surface area contributed by atoms with Crippen molar-refractivity contribution in [2.24, 2.45) is 5.92 Å². The molecular weight excluding hydrogens is 416 g/mol. The molecule has 0 saturated carbocycles. The molecule has 0 N–H and O–H groups in total. The zero-order chi connectivity index (χ0) is 21.6. The van der Waals surface area contributed by atoms with Crippen molar-refractivity contribution in [1.82, 2.24) is 14.3 Å². The summed E-state index contributed by atoms with van der Waals surface area (Å²) >= 11 is 6.66. The highest BCUT2D eigenvalue weighted by atomic mass is 32.2. The second-order valence-corrected chi connectivity index (χ2v) is 10.0. The summed E-state index contributed by atoms with van der Waals surface area (Å²) in [5, 5.41) is 0. The molecule has 0 atom stereocenters. The fourth-order valence-corrected chi connectivity index (χ4v) is 5.45. The van der Waals surface area contributed by atoms with E-state index in [1.807, 2.05) is 32.9 Å². The third-order valence-electron chi connectivity index (χ3n) is 5.76. The van der Waals surface area contributed by atoms with Crippen LogP contribution in [0.15, 0.2) is 28.0 Å². The van der Waals surface area contributed by atoms with Gasteiger partial charge in [-0.05, 0) is 57.2 Å². The molecule has 2 aromatic rings. The number of fused-ring (bicyclic) bond motifs is 1. The van der Waals surface area contributed by atoms with Gasteiger partial charge < -0.3 is 4.90 Å². The fraction of sp³-hybridized carbons (Fsp3) is 0.455. The number of carbonyl (C=O) groups excluding carboxylic acids is 1. The molecular formula is C22H26N4O2S2. The summed E-state index contributed by atoms with van der Waals surface area (Å²) in [6, 6.07) is 3.78. The number of pyridine rings is 1. The first-order valence-corrected chi connectivity index (χ1v) is 11.5. The third-order valence-corrected chi connectivity index (χ3v) is 7.09. The van der Waals surface area contributed by atoms with Gasteiger partial charge in [0.2, 0.25) is 0 Å². The molecule has 0 aromatic carbocycles. The number of thiocarbonyl (C=S) groups is 1. The van der Waals surface area contributed by atoms with Gasteiger partial charge in [-0.3, -0.25) is 18.9 Å². The summed E-state index contributed by atoms with van der Waals surface area (Å²) in [5.41, 5.74) is 1.89. The van der Waals surface area contributed by atoms with Gasteiger partial charge in [0.1, 0.15) is 15.8 Å². The molecule has 4 rings (SSSR count). The van der Waals surface area contributed by atoms with E-state index in [4.69, 9.17) is 17.2 Å². The Labute approximate surface area is 186 Å². The lowest BCUT2D eigenvalue weighted by Gasteiger charge is -2.32. The van der Waals surface area contributed by atoms with Gasteiger partial charge in [0.15, 0.2) is 0 Å². The third kappa shape index (κ3) is 3.67. The lowest BCUT2D eigenvalue weighted by Crippen LogP contribution is -2.36. The van der Waals surface area contributed by atoms with Gasteiger partial charge in [-0.15, -0.1) is 0 Å². The van der Waals surface area contributed by atoms with Crippen LogP contribution in [-0.2, 0) is 4.79 Å². The average Bonchev–Trinajstić information content (AvgIpc) is 2.98. The first kappa shape index (κ1) is 21.1. The van der Waals surface area contributed by atoms with E-state index < -0.39 is 0 Å². The number of hydrogen-bond acceptors (Lipinski definition) is 6. The second-order valence-electron chi connectivity index (χ2n) is 8.35. The number of amides is 1. The lowest BCUT2D eigenvalue weighted by atomic mass is 9.99. The Balaban J connectivity index is 1.89. The Hall–Kier alpha value is -2.19. The van der Waals surface area contributed by atoms with E-state index >= 15 is 0 Å². The molecule has 6 nitrogen and oxygen atoms in total. The first-order chi connectivity index (χ1) is 14.3. The van der Waals surface area contributed by atoms with E-state index in [2.05, 4.69) is 11.8 Å². The van der Waals surface area contributed by atoms with Gasteiger partial charge in [0.25, 0.3) is 11.5 Å². The van der Waals surface area contributed by atoms with E-state index in [1.54, 1.807) is 21.6 Å². The molecule has 158 valence electrons. The Morgan fingerprint density at radius 3 is 2.60 bits per heavy atom. The molecule has 0 spiro atoms. The SMILES string of the molecule is Cc1cccn2c(=O)c(/C=C3\SC(=S)N(C(C)C)C3=O)c(N3CCC(C)CC3)nc12. The van der Waals surface area contributed by atoms with Crippen LogP contribution in [-0.4, -0.2) is 43.6 Å². The van der Waals surface area contributed by atoms with Crippen LogP contribution in [0.5, 0.6) is 0 Å². The number of aryl methyl sites for hydroxylation is 1. The highest BCUT2D eigenvalue weighted by Crippen LogP contribution is 2.35. The molecule has 30 heavy (non-hydrogen) atoms. The largest absolute Gasteiger partial charge is 0.356 e. The van der Waals surface area contributed by atoms with Gasteiger partial charge >= 0.3 is 0 Å². The van der Waals surface area contributed by atoms with E-state index in [0.717, 1.165) is 31.5 Å². The van der Waals surface area contributed by atoms with Crippen molar-refractivity contribution in [3.8, 4) is 0 Å². The Morgan fingerprint density at radius 1 is 1.27 bits per heavy atom. The van der Waals surface area contributed by atoms with Crippen LogP contribution in [0.3, 0.4) is 0 Å². The molecule has 0 aliphatic carbocycles. The summed E-state index contributed by atoms with van der Waals surface area (Å²) in [5.74, 6) is 1.18. The predicted octanol–water partition coefficient (Wildman–Crippen LogP) is 3.85. The van der Waals surface area contributed by atoms with E-state index in [0.29, 0.717) is 32.2 Å². The van der Waals surface area contributed by atoms with E-state index in [-0.39, 0.29) is 17.5 Å². The minimum atomic E-state index is -0.160. The number of carbonyl (C=O) groups is 1. The smallest absolute Gasteiger partial charge is 0.267 e. The fourth-order valence-electron chi connectivity index (χ4n) is 3.94. The van der Waals surface area contributed by atoms with Crippen LogP contribution in [0.4, 0.5) is 5.82 Å². The van der Waals surface area contributed by atoms with Gasteiger partial charge in [0, 0.05) is 25.3 Å². The van der Waals surface area contributed by atoms with Crippen molar-refractivity contribution < 1.29 is 4.79 Å². The highest BCUT2D eigenvalue weighted by molar-refractivity contribution is 8.26. The molecule has 2 aromatic heterocycles. The zero-order valence-electron chi connectivity index (χ0n) is 17.7. The monoisotopic (exact) mass is 442 g/mol. The highest BCUT2D eigenvalue weighted by Gasteiger charge is 2.34. The van der Waals surface area contributed by atoms with Crippen molar-refractivity contribution in [3.05, 3.63) is 44.7 Å². The van der Waals surface area contributed by atoms with Crippen LogP contribution in [0, 0.1) is 12.8 Å². The van der Waals surface area contributed by atoms with Crippen molar-refractivity contribution in [2.75, 3.05) is 18.0 Å². The molecule has 4 heterocycles. The zero-order valence-corrected chi connectivity index (χ0v) is 19.3. The van der Waals surface area contributed by atoms with Crippen LogP contribution in [0.1, 0.15) is 44.7 Å². The maximum absolute atomic E-state index is 13.5. The van der Waals surface area contributed by atoms with Crippen molar-refractivity contribution >= 4 is 51.7 Å². The van der Waals surface area contributed by atoms with Gasteiger partial charge in [-0.25, -0.2) is 4.98 Å². The molecule has 8 heteroatoms. The number of anilines is 1. The van der Waals surface area contributed by atoms with E-state index in [9.17, 15) is 9.59 Å². The van der Waals surface area contributed by atoms with Gasteiger partial charge in [-0.1, -0.05) is 37.0 Å². The maximum Gasteiger partial charge on any atom is 0.267 e. The van der Waals surface area contributed by atoms with Gasteiger partial charge in [0.05, 0.1) is 10.5 Å². The molecule has 0 bridgehead atoms. The molecule has 2 aliphatic heterocycles. The van der Waals surface area contributed by atoms with Gasteiger partial charge in [-0.2, -0.15) is 0 Å². The molecule has 2 fully saturated rings. The minimum absolute atomic E-state index is 0.0232. The van der Waals surface area contributed by atoms with Crippen LogP contribution in [0.2, 0.25) is 0 Å². The van der Waals surface area contributed by atoms with E-state index in [1.165, 1.54) is 11.8 Å². The number of piperidine rings is 1. The Kier molecular flexibility index (Phi) is 5.72. The first-order valence-electron chi connectivity index (χ1n) is 10.3. The van der Waals surface area contributed by atoms with Crippen LogP contribution >= 0.6 is 24.0 Å². The average molecular weight is 443 g/mol. The Bertz CT molecular complexity index is 1110. The number of rotatable bonds is 3. The second kappa shape index (κ2) is 8.15. The van der Waals surface area contributed by atoms with Crippen molar-refractivity contribution in [3.63, 3.8) is 0 Å². The standard InChI is InChI=1S/C22H26N4O2S2/c1-13(2)26-21(28)17(30-22(26)29)12-16-19(24-10-7-14(3)8-11-24)23-18-15(4)6-5-9-25(18)20(16)27/h5-6,9,12-14H,7-8,10-11H2,1-4H3/b17-12-. The predicted molar refractivity (Wildman–Crippen MR) is 127 cm³/mol. The number of aromatic nitrogens is 2. The number of hydrogen-bond donors (Lipinski definition) is 0. The quantitative estimate of drug-likeness (QED) is 0.532. The minimum Gasteiger partial charge on any atom is -0.356 e. The summed E-state index contributed by atoms with van der Waals surface area (Å²) in [6.07, 6.45) is 5.54. The topological polar surface area (TPSA) is 57.9 Å². The maximum atomic E-state index is 13.5. The number of nitrogens with zero attached hydrogens (tertiary/aromatic N) is 4. The van der Waals surface area contributed by atoms with Crippen molar-refractivity contribution in [1.29, 1.82) is 0 Å². The van der Waals surface area contributed by atoms with Crippen LogP contribution < -0.4 is 10.5 Å². The van der Waals surface area contributed by atoms with Crippen LogP contribution in [0.25, 0.3) is 11.7 Å². The Morgan fingerprint density at radius 2 is 1.97 bits per heavy atom. The molecule has 1 amide bonds. The van der Waals surface area contributed by atoms with Crippen molar-refractivity contribution in [2.45, 2.75) is 46.6 Å². The summed E-state index contributed by atoms with van der Waals surface area (Å²) < 4.78 is 2.10. The molecule has 2 aliphatic rings. The summed E-state index contributed by atoms with van der Waals surface area (Å²) in [7, 11) is 0. The normalized spacial score (nSPS) is 19.7.